The summed E-state index contributed by atoms with van der Waals surface area (Å²) in [4.78, 5) is 69.8. The normalized spacial score (nSPS) is 19.0. The number of para-hydroxylation sites is 4. The van der Waals surface area contributed by atoms with Crippen LogP contribution in [0.15, 0.2) is 122 Å². The predicted octanol–water partition coefficient (Wildman–Crippen LogP) is 15.6. The summed E-state index contributed by atoms with van der Waals surface area (Å²) in [5.41, 5.74) is 0.681. The number of alkyl halides is 12. The van der Waals surface area contributed by atoms with E-state index in [0.29, 0.717) is 98.6 Å². The summed E-state index contributed by atoms with van der Waals surface area (Å²) >= 11 is 0. The van der Waals surface area contributed by atoms with Crippen molar-refractivity contribution in [1.82, 2.24) is 60.3 Å². The van der Waals surface area contributed by atoms with Gasteiger partial charge in [-0.2, -0.15) is 25.2 Å². The van der Waals surface area contributed by atoms with Gasteiger partial charge in [-0.25, -0.2) is 19.9 Å². The highest BCUT2D eigenvalue weighted by Gasteiger charge is 2.39. The van der Waals surface area contributed by atoms with Crippen molar-refractivity contribution in [1.29, 1.82) is 5.26 Å². The van der Waals surface area contributed by atoms with E-state index in [0.717, 1.165) is 141 Å². The van der Waals surface area contributed by atoms with Gasteiger partial charge in [0.15, 0.2) is 0 Å². The number of rotatable bonds is 42. The number of aliphatic hydroxyl groups excluding tert-OH is 4. The van der Waals surface area contributed by atoms with Crippen molar-refractivity contribution in [3.8, 4) is 29.1 Å². The molecule has 0 radical (unpaired) electrons. The lowest BCUT2D eigenvalue weighted by Gasteiger charge is -2.44. The van der Waals surface area contributed by atoms with E-state index >= 15 is 0 Å². The smallest absolute Gasteiger partial charge is 0.405 e. The highest BCUT2D eigenvalue weighted by atomic mass is 19.4. The van der Waals surface area contributed by atoms with E-state index in [4.69, 9.17) is 5.11 Å². The van der Waals surface area contributed by atoms with Gasteiger partial charge in [-0.3, -0.25) is 40.1 Å². The van der Waals surface area contributed by atoms with Crippen LogP contribution in [-0.4, -0.2) is 226 Å². The SMILES string of the molecule is CC(C)(C)CNC1CCC(CNc2nc(NCc3ccccc3OC(F)(F)F)ncc2C#N)CC1.O=[N+]([O-])c1cnc(NCc2ccccc2OC(F)(F)F)nc1NCC1CCC(N(CCO)CCO)CC1.O=[N+]([O-])c1cnc(NCc2ccccc2OC(F)(F)F)nc1NCC1CCC(N2CC(O)C2)CC1.O=[N+]([O-])c1cnc(NCc2ccccc2OC(F)(F)F)nc1NCC1CCC(NCCO)CC1. The zero-order valence-corrected chi connectivity index (χ0v) is 77.7. The lowest BCUT2D eigenvalue weighted by Crippen LogP contribution is -2.56. The average Bonchev–Trinajstić information content (AvgIpc) is 0.825. The summed E-state index contributed by atoms with van der Waals surface area (Å²) < 4.78 is 168. The summed E-state index contributed by atoms with van der Waals surface area (Å²) in [5, 5.41) is 111. The number of benzene rings is 4. The number of nitro groups is 3. The number of anilines is 8. The van der Waals surface area contributed by atoms with E-state index in [-0.39, 0.29) is 167 Å². The third-order valence-corrected chi connectivity index (χ3v) is 24.1. The lowest BCUT2D eigenvalue weighted by molar-refractivity contribution is -0.384. The zero-order valence-electron chi connectivity index (χ0n) is 77.7. The molecule has 1 saturated heterocycles. The molecule has 50 heteroatoms. The van der Waals surface area contributed by atoms with E-state index in [1.54, 1.807) is 24.3 Å². The second kappa shape index (κ2) is 53.3. The largest absolute Gasteiger partial charge is 0.573 e. The summed E-state index contributed by atoms with van der Waals surface area (Å²) in [7, 11) is 0. The summed E-state index contributed by atoms with van der Waals surface area (Å²) in [6.45, 7) is 12.8. The van der Waals surface area contributed by atoms with Gasteiger partial charge in [-0.15, -0.1) is 52.7 Å². The van der Waals surface area contributed by atoms with E-state index in [9.17, 15) is 104 Å². The van der Waals surface area contributed by atoms with Gasteiger partial charge < -0.3 is 92.5 Å². The van der Waals surface area contributed by atoms with E-state index in [2.05, 4.69) is 149 Å². The van der Waals surface area contributed by atoms with Gasteiger partial charge in [0.2, 0.25) is 41.2 Å². The molecule has 0 unspecified atom stereocenters. The molecule has 5 fully saturated rings. The van der Waals surface area contributed by atoms with Crippen molar-refractivity contribution in [2.75, 3.05) is 128 Å². The highest BCUT2D eigenvalue weighted by molar-refractivity contribution is 5.60. The maximum Gasteiger partial charge on any atom is 0.573 e. The fraction of sp³-hybridized carbons (Fsp3) is 0.549. The molecule has 1 aliphatic heterocycles. The van der Waals surface area contributed by atoms with E-state index < -0.39 is 40.2 Å². The molecule has 8 aromatic rings. The zero-order chi connectivity index (χ0) is 102. The Morgan fingerprint density at radius 2 is 0.716 bits per heavy atom. The van der Waals surface area contributed by atoms with Crippen LogP contribution in [0.5, 0.6) is 23.0 Å². The molecular formula is C91H118F12N24O14. The van der Waals surface area contributed by atoms with Crippen molar-refractivity contribution >= 4 is 64.1 Å². The number of hydrogen-bond acceptors (Lipinski definition) is 35. The summed E-state index contributed by atoms with van der Waals surface area (Å²) in [6.07, 6.45) is 0.684. The molecule has 4 aromatic heterocycles. The molecule has 5 heterocycles. The number of aromatic nitrogens is 8. The van der Waals surface area contributed by atoms with E-state index in [1.807, 2.05) is 0 Å². The Balaban J connectivity index is 0.000000193. The van der Waals surface area contributed by atoms with Crippen molar-refractivity contribution in [2.24, 2.45) is 29.1 Å². The number of ether oxygens (including phenoxy) is 4. The van der Waals surface area contributed by atoms with Crippen molar-refractivity contribution < 1.29 is 107 Å². The number of nitriles is 1. The molecule has 4 aliphatic carbocycles. The Labute approximate surface area is 804 Å². The minimum atomic E-state index is -4.84. The molecule has 5 aliphatic rings. The third-order valence-electron chi connectivity index (χ3n) is 24.1. The lowest BCUT2D eigenvalue weighted by atomic mass is 9.84. The van der Waals surface area contributed by atoms with Gasteiger partial charge in [0.25, 0.3) is 0 Å². The molecule has 141 heavy (non-hydrogen) atoms. The topological polar surface area (TPSA) is 501 Å². The van der Waals surface area contributed by atoms with Gasteiger partial charge in [0.05, 0.1) is 46.9 Å². The van der Waals surface area contributed by atoms with Gasteiger partial charge >= 0.3 is 42.5 Å². The molecule has 13 rings (SSSR count). The van der Waals surface area contributed by atoms with Gasteiger partial charge in [-0.1, -0.05) is 93.6 Å². The van der Waals surface area contributed by atoms with Gasteiger partial charge in [0.1, 0.15) is 59.0 Å². The maximum absolute atomic E-state index is 12.7. The number of likely N-dealkylation sites (tertiary alicyclic amines) is 1. The first kappa shape index (κ1) is 110. The predicted molar refractivity (Wildman–Crippen MR) is 497 cm³/mol. The van der Waals surface area contributed by atoms with Crippen LogP contribution in [0.25, 0.3) is 0 Å². The molecule has 14 N–H and O–H groups in total. The van der Waals surface area contributed by atoms with Gasteiger partial charge in [-0.05, 0) is 156 Å². The second-order valence-electron chi connectivity index (χ2n) is 35.7. The van der Waals surface area contributed by atoms with Crippen LogP contribution in [-0.2, 0) is 26.2 Å². The number of nitrogens with one attached hydrogen (secondary N) is 10. The van der Waals surface area contributed by atoms with Crippen LogP contribution >= 0.6 is 0 Å². The van der Waals surface area contributed by atoms with Crippen LogP contribution in [0.4, 0.5) is 117 Å². The Morgan fingerprint density at radius 1 is 0.418 bits per heavy atom. The minimum Gasteiger partial charge on any atom is -0.405 e. The molecule has 0 atom stereocenters. The van der Waals surface area contributed by atoms with Crippen LogP contribution in [0.1, 0.15) is 151 Å². The molecule has 4 aromatic carbocycles. The molecule has 0 bridgehead atoms. The number of β-amino-alcohol motifs (C(OH)–C–C–N with tert-alkyl or cyclic N) is 1. The molecule has 770 valence electrons. The van der Waals surface area contributed by atoms with Crippen LogP contribution in [0, 0.1) is 70.8 Å². The minimum absolute atomic E-state index is 0.0160. The average molecular weight is 2000 g/mol. The molecular weight excluding hydrogens is 1880 g/mol. The standard InChI is InChI=1S/C25H33F3N6O.C23H31F3N6O5.C22H27F3N6O4.C21H27F3N6O4/c1-24(2,3)16-33-20-10-8-17(9-11-20)13-30-22-19(12-29)15-32-23(34-22)31-14-18-6-4-5-7-21(18)35-25(26,27)28;24-23(25,26)37-20-4-2-1-3-17(20)14-28-22-29-15-19(32(35)36)21(30-22)27-13-16-5-7-18(8-6-16)31(9-11-33)10-12-34;23-22(24,25)35-19-4-2-1-3-15(19)10-27-21-28-11-18(31(33)34)20(29-21)26-9-14-5-7-16(8-6-14)30-12-17(32)13-30;22-21(23,24)34-18-4-2-1-3-15(18)12-27-20-28-13-17(30(32)33)19(29-20)26-11-14-5-7-16(8-6-14)25-9-10-31/h4-7,15,17,20,33H,8-11,13-14,16H2,1-3H3,(H2,30,31,32,34);1-4,15-16,18,33-34H,5-14H2,(H2,27,28,29,30);1-4,11,14,16-17,32H,5-10,12-13H2,(H2,26,27,28,29);1-4,13-14,16,25,31H,5-12H2,(H2,26,27,28,29). The number of halogens is 12. The third kappa shape index (κ3) is 38.0. The Hall–Kier alpha value is -12.7. The highest BCUT2D eigenvalue weighted by Crippen LogP contribution is 2.38. The van der Waals surface area contributed by atoms with Crippen molar-refractivity contribution in [2.45, 2.75) is 205 Å². The molecule has 0 spiro atoms. The summed E-state index contributed by atoms with van der Waals surface area (Å²) in [6, 6.07) is 26.5. The monoisotopic (exact) mass is 2000 g/mol. The Kier molecular flexibility index (Phi) is 41.7. The number of nitrogens with zero attached hydrogens (tertiary/aromatic N) is 14. The fourth-order valence-corrected chi connectivity index (χ4v) is 16.8. The van der Waals surface area contributed by atoms with Gasteiger partial charge in [0, 0.05) is 138 Å². The second-order valence-corrected chi connectivity index (χ2v) is 35.7. The Bertz CT molecular complexity index is 5290. The van der Waals surface area contributed by atoms with Crippen molar-refractivity contribution in [3.63, 3.8) is 0 Å². The van der Waals surface area contributed by atoms with Crippen LogP contribution < -0.4 is 72.1 Å². The Morgan fingerprint density at radius 3 is 1.01 bits per heavy atom. The van der Waals surface area contributed by atoms with E-state index in [1.165, 1.54) is 79.0 Å². The summed E-state index contributed by atoms with van der Waals surface area (Å²) in [5.74, 6) is 0.847. The number of aliphatic hydroxyl groups is 4. The first-order valence-corrected chi connectivity index (χ1v) is 46.2. The number of hydrogen-bond donors (Lipinski definition) is 14. The molecule has 4 saturated carbocycles. The van der Waals surface area contributed by atoms with Crippen molar-refractivity contribution in [3.05, 3.63) is 180 Å². The first-order valence-electron chi connectivity index (χ1n) is 46.2. The maximum atomic E-state index is 12.7. The first-order chi connectivity index (χ1) is 67.1. The molecule has 0 amide bonds. The van der Waals surface area contributed by atoms with Crippen LogP contribution in [0.2, 0.25) is 0 Å². The fourth-order valence-electron chi connectivity index (χ4n) is 16.8. The van der Waals surface area contributed by atoms with Crippen LogP contribution in [0.3, 0.4) is 0 Å². The quantitative estimate of drug-likeness (QED) is 0.00960. The molecule has 38 nitrogen and oxygen atoms in total.